The molecule has 0 spiro atoms. The molecule has 0 bridgehead atoms. The van der Waals surface area contributed by atoms with Crippen LogP contribution in [-0.4, -0.2) is 22.8 Å². The van der Waals surface area contributed by atoms with E-state index in [4.69, 9.17) is 11.6 Å². The van der Waals surface area contributed by atoms with Crippen molar-refractivity contribution < 1.29 is 4.79 Å². The van der Waals surface area contributed by atoms with Crippen molar-refractivity contribution in [2.45, 2.75) is 19.9 Å². The monoisotopic (exact) mass is 212 g/mol. The molecule has 1 amide bonds. The summed E-state index contributed by atoms with van der Waals surface area (Å²) >= 11 is 5.58. The molecule has 0 radical (unpaired) electrons. The number of nitrogens with one attached hydrogen (secondary N) is 1. The molecule has 4 heteroatoms. The zero-order valence-electron chi connectivity index (χ0n) is 8.25. The average molecular weight is 213 g/mol. The van der Waals surface area contributed by atoms with Crippen LogP contribution in [0.15, 0.2) is 18.2 Å². The fourth-order valence-corrected chi connectivity index (χ4v) is 1.08. The first-order valence-electron chi connectivity index (χ1n) is 4.44. The van der Waals surface area contributed by atoms with E-state index in [1.54, 1.807) is 6.07 Å². The fourth-order valence-electron chi connectivity index (χ4n) is 1.01. The van der Waals surface area contributed by atoms with Gasteiger partial charge in [-0.15, -0.1) is 11.6 Å². The Kier molecular flexibility index (Phi) is 3.89. The lowest BCUT2D eigenvalue weighted by Gasteiger charge is -2.09. The van der Waals surface area contributed by atoms with E-state index < -0.39 is 0 Å². The molecule has 76 valence electrons. The molecule has 0 aliphatic heterocycles. The topological polar surface area (TPSA) is 42.0 Å². The van der Waals surface area contributed by atoms with Gasteiger partial charge < -0.3 is 5.32 Å². The summed E-state index contributed by atoms with van der Waals surface area (Å²) in [4.78, 5) is 15.6. The lowest BCUT2D eigenvalue weighted by atomic mass is 10.3. The van der Waals surface area contributed by atoms with Crippen LogP contribution in [0.1, 0.15) is 23.1 Å². The average Bonchev–Trinajstić information content (AvgIpc) is 2.17. The van der Waals surface area contributed by atoms with E-state index in [0.29, 0.717) is 11.6 Å². The van der Waals surface area contributed by atoms with Gasteiger partial charge in [0.15, 0.2) is 0 Å². The SMILES string of the molecule is Cc1cccc(C(=O)NC(C)CCl)n1. The van der Waals surface area contributed by atoms with E-state index in [1.165, 1.54) is 0 Å². The van der Waals surface area contributed by atoms with Crippen LogP contribution in [0.4, 0.5) is 0 Å². The Hall–Kier alpha value is -1.09. The number of rotatable bonds is 3. The zero-order chi connectivity index (χ0) is 10.6. The van der Waals surface area contributed by atoms with Crippen molar-refractivity contribution in [3.8, 4) is 0 Å². The Morgan fingerprint density at radius 3 is 2.93 bits per heavy atom. The lowest BCUT2D eigenvalue weighted by molar-refractivity contribution is 0.0938. The van der Waals surface area contributed by atoms with E-state index in [2.05, 4.69) is 10.3 Å². The zero-order valence-corrected chi connectivity index (χ0v) is 9.01. The molecule has 0 saturated heterocycles. The minimum atomic E-state index is -0.179. The molecule has 1 atom stereocenters. The molecule has 0 saturated carbocycles. The molecule has 0 aromatic carbocycles. The number of aryl methyl sites for hydroxylation is 1. The van der Waals surface area contributed by atoms with Gasteiger partial charge in [-0.3, -0.25) is 4.79 Å². The predicted molar refractivity (Wildman–Crippen MR) is 56.6 cm³/mol. The van der Waals surface area contributed by atoms with Gasteiger partial charge in [0.2, 0.25) is 0 Å². The van der Waals surface area contributed by atoms with Gasteiger partial charge in [-0.2, -0.15) is 0 Å². The van der Waals surface area contributed by atoms with Crippen LogP contribution in [0.5, 0.6) is 0 Å². The van der Waals surface area contributed by atoms with Gasteiger partial charge in [-0.05, 0) is 26.0 Å². The highest BCUT2D eigenvalue weighted by atomic mass is 35.5. The Morgan fingerprint density at radius 2 is 2.36 bits per heavy atom. The van der Waals surface area contributed by atoms with E-state index in [1.807, 2.05) is 26.0 Å². The number of hydrogen-bond acceptors (Lipinski definition) is 2. The lowest BCUT2D eigenvalue weighted by Crippen LogP contribution is -2.34. The number of hydrogen-bond donors (Lipinski definition) is 1. The Balaban J connectivity index is 2.70. The van der Waals surface area contributed by atoms with Crippen molar-refractivity contribution in [1.29, 1.82) is 0 Å². The van der Waals surface area contributed by atoms with Crippen molar-refractivity contribution in [3.63, 3.8) is 0 Å². The maximum Gasteiger partial charge on any atom is 0.270 e. The third-order valence-electron chi connectivity index (χ3n) is 1.73. The number of carbonyl (C=O) groups is 1. The molecular weight excluding hydrogens is 200 g/mol. The van der Waals surface area contributed by atoms with Gasteiger partial charge in [0, 0.05) is 17.6 Å². The highest BCUT2D eigenvalue weighted by molar-refractivity contribution is 6.18. The van der Waals surface area contributed by atoms with Crippen LogP contribution >= 0.6 is 11.6 Å². The van der Waals surface area contributed by atoms with Gasteiger partial charge in [0.25, 0.3) is 5.91 Å². The number of carbonyl (C=O) groups excluding carboxylic acids is 1. The molecule has 1 aromatic rings. The van der Waals surface area contributed by atoms with Crippen molar-refractivity contribution in [2.24, 2.45) is 0 Å². The summed E-state index contributed by atoms with van der Waals surface area (Å²) in [5.74, 6) is 0.222. The molecule has 1 rings (SSSR count). The standard InChI is InChI=1S/C10H13ClN2O/c1-7-4-3-5-9(12-7)10(14)13-8(2)6-11/h3-5,8H,6H2,1-2H3,(H,13,14). The molecular formula is C10H13ClN2O. The van der Waals surface area contributed by atoms with Crippen molar-refractivity contribution in [2.75, 3.05) is 5.88 Å². The third kappa shape index (κ3) is 3.00. The minimum Gasteiger partial charge on any atom is -0.347 e. The predicted octanol–water partition coefficient (Wildman–Crippen LogP) is 1.75. The van der Waals surface area contributed by atoms with E-state index in [0.717, 1.165) is 5.69 Å². The molecule has 3 nitrogen and oxygen atoms in total. The molecule has 14 heavy (non-hydrogen) atoms. The van der Waals surface area contributed by atoms with Crippen molar-refractivity contribution >= 4 is 17.5 Å². The number of pyridine rings is 1. The van der Waals surface area contributed by atoms with Crippen LogP contribution in [0, 0.1) is 6.92 Å². The van der Waals surface area contributed by atoms with Crippen LogP contribution in [0.2, 0.25) is 0 Å². The summed E-state index contributed by atoms with van der Waals surface area (Å²) in [5.41, 5.74) is 1.26. The molecule has 0 fully saturated rings. The second kappa shape index (κ2) is 4.96. The smallest absolute Gasteiger partial charge is 0.270 e. The van der Waals surface area contributed by atoms with E-state index in [9.17, 15) is 4.79 Å². The van der Waals surface area contributed by atoms with Crippen molar-refractivity contribution in [1.82, 2.24) is 10.3 Å². The number of alkyl halides is 1. The first-order chi connectivity index (χ1) is 6.63. The molecule has 0 aliphatic carbocycles. The highest BCUT2D eigenvalue weighted by Crippen LogP contribution is 1.98. The first-order valence-corrected chi connectivity index (χ1v) is 4.97. The van der Waals surface area contributed by atoms with Gasteiger partial charge in [-0.25, -0.2) is 4.98 Å². The van der Waals surface area contributed by atoms with Gasteiger partial charge in [-0.1, -0.05) is 6.07 Å². The number of halogens is 1. The maximum atomic E-state index is 11.5. The Morgan fingerprint density at radius 1 is 1.64 bits per heavy atom. The second-order valence-corrected chi connectivity index (χ2v) is 3.50. The summed E-state index contributed by atoms with van der Waals surface area (Å²) in [7, 11) is 0. The van der Waals surface area contributed by atoms with E-state index in [-0.39, 0.29) is 11.9 Å². The Labute approximate surface area is 88.5 Å². The van der Waals surface area contributed by atoms with Crippen molar-refractivity contribution in [3.05, 3.63) is 29.6 Å². The molecule has 1 N–H and O–H groups in total. The molecule has 1 aromatic heterocycles. The van der Waals surface area contributed by atoms with Gasteiger partial charge >= 0.3 is 0 Å². The summed E-state index contributed by atoms with van der Waals surface area (Å²) in [5, 5.41) is 2.74. The normalized spacial score (nSPS) is 12.2. The number of aromatic nitrogens is 1. The van der Waals surface area contributed by atoms with Gasteiger partial charge in [0.1, 0.15) is 5.69 Å². The molecule has 0 aliphatic rings. The first kappa shape index (κ1) is 11.0. The number of amides is 1. The van der Waals surface area contributed by atoms with Crippen LogP contribution in [0.25, 0.3) is 0 Å². The maximum absolute atomic E-state index is 11.5. The number of nitrogens with zero attached hydrogens (tertiary/aromatic N) is 1. The van der Waals surface area contributed by atoms with Crippen LogP contribution in [-0.2, 0) is 0 Å². The molecule has 1 heterocycles. The van der Waals surface area contributed by atoms with Crippen LogP contribution < -0.4 is 5.32 Å². The summed E-state index contributed by atoms with van der Waals surface area (Å²) in [6.45, 7) is 3.70. The van der Waals surface area contributed by atoms with Gasteiger partial charge in [0.05, 0.1) is 0 Å². The second-order valence-electron chi connectivity index (χ2n) is 3.19. The largest absolute Gasteiger partial charge is 0.347 e. The summed E-state index contributed by atoms with van der Waals surface area (Å²) < 4.78 is 0. The Bertz CT molecular complexity index is 328. The minimum absolute atomic E-state index is 0.0357. The quantitative estimate of drug-likeness (QED) is 0.776. The highest BCUT2D eigenvalue weighted by Gasteiger charge is 2.09. The summed E-state index contributed by atoms with van der Waals surface area (Å²) in [6, 6.07) is 5.31. The fraction of sp³-hybridized carbons (Fsp3) is 0.400. The molecule has 1 unspecified atom stereocenters. The summed E-state index contributed by atoms with van der Waals surface area (Å²) in [6.07, 6.45) is 0. The van der Waals surface area contributed by atoms with Crippen LogP contribution in [0.3, 0.4) is 0 Å². The third-order valence-corrected chi connectivity index (χ3v) is 2.19. The van der Waals surface area contributed by atoms with E-state index >= 15 is 0 Å².